The van der Waals surface area contributed by atoms with Crippen LogP contribution in [0, 0.1) is 0 Å². The second-order valence-electron chi connectivity index (χ2n) is 5.70. The molecule has 0 spiro atoms. The number of halogens is 1. The van der Waals surface area contributed by atoms with Gasteiger partial charge in [-0.05, 0) is 35.9 Å². The maximum absolute atomic E-state index is 12.7. The van der Waals surface area contributed by atoms with Crippen LogP contribution >= 0.6 is 15.9 Å². The van der Waals surface area contributed by atoms with Crippen LogP contribution < -0.4 is 0 Å². The molecule has 3 aromatic carbocycles. The molecule has 0 N–H and O–H groups in total. The highest BCUT2D eigenvalue weighted by Gasteiger charge is 2.24. The van der Waals surface area contributed by atoms with Crippen LogP contribution in [0.2, 0.25) is 0 Å². The van der Waals surface area contributed by atoms with Crippen molar-refractivity contribution in [2.24, 2.45) is 0 Å². The number of hydrogen-bond acceptors (Lipinski definition) is 3. The molecular weight excluding hydrogens is 380 g/mol. The van der Waals surface area contributed by atoms with Gasteiger partial charge in [0.25, 0.3) is 0 Å². The molecule has 4 heteroatoms. The molecule has 4 aromatic rings. The first kappa shape index (κ1) is 15.9. The quantitative estimate of drug-likeness (QED) is 0.388. The molecule has 0 atom stereocenters. The summed E-state index contributed by atoms with van der Waals surface area (Å²) in [4.78, 5) is 12.7. The highest BCUT2D eigenvalue weighted by Crippen LogP contribution is 2.38. The van der Waals surface area contributed by atoms with E-state index in [1.807, 2.05) is 60.7 Å². The molecule has 3 nitrogen and oxygen atoms in total. The largest absolute Gasteiger partial charge is 0.462 e. The van der Waals surface area contributed by atoms with E-state index in [9.17, 15) is 4.79 Å². The molecule has 0 fully saturated rings. The standard InChI is InChI=1S/C21H15BrO3/c1-2-24-21(23)19-18-16-10-9-15(22)12-14(16)8-11-17(18)25-20(19)13-6-4-3-5-7-13/h3-12H,2H2,1H3. The minimum absolute atomic E-state index is 0.316. The van der Waals surface area contributed by atoms with Crippen LogP contribution in [0.4, 0.5) is 0 Å². The number of hydrogen-bond donors (Lipinski definition) is 0. The van der Waals surface area contributed by atoms with Gasteiger partial charge in [0.05, 0.1) is 6.61 Å². The van der Waals surface area contributed by atoms with Gasteiger partial charge in [0.15, 0.2) is 0 Å². The lowest BCUT2D eigenvalue weighted by Gasteiger charge is -2.05. The smallest absolute Gasteiger partial charge is 0.342 e. The number of furan rings is 1. The molecule has 0 unspecified atom stereocenters. The molecule has 1 heterocycles. The van der Waals surface area contributed by atoms with Crippen molar-refractivity contribution in [2.75, 3.05) is 6.61 Å². The van der Waals surface area contributed by atoms with Gasteiger partial charge in [-0.15, -0.1) is 0 Å². The van der Waals surface area contributed by atoms with Gasteiger partial charge in [-0.25, -0.2) is 4.79 Å². The number of carbonyl (C=O) groups excluding carboxylic acids is 1. The van der Waals surface area contributed by atoms with Crippen molar-refractivity contribution in [2.45, 2.75) is 6.92 Å². The molecule has 0 bridgehead atoms. The van der Waals surface area contributed by atoms with Crippen LogP contribution in [0.1, 0.15) is 17.3 Å². The average Bonchev–Trinajstić information content (AvgIpc) is 3.02. The topological polar surface area (TPSA) is 39.4 Å². The van der Waals surface area contributed by atoms with Crippen LogP contribution in [0.25, 0.3) is 33.1 Å². The third kappa shape index (κ3) is 2.72. The predicted molar refractivity (Wildman–Crippen MR) is 103 cm³/mol. The lowest BCUT2D eigenvalue weighted by molar-refractivity contribution is 0.0529. The Bertz CT molecular complexity index is 1080. The molecule has 0 aliphatic rings. The summed E-state index contributed by atoms with van der Waals surface area (Å²) in [6.07, 6.45) is 0. The molecule has 0 radical (unpaired) electrons. The van der Waals surface area contributed by atoms with Crippen LogP contribution in [0.15, 0.2) is 69.6 Å². The third-order valence-electron chi connectivity index (χ3n) is 4.15. The summed E-state index contributed by atoms with van der Waals surface area (Å²) in [5.74, 6) is 0.181. The van der Waals surface area contributed by atoms with E-state index in [2.05, 4.69) is 15.9 Å². The first-order valence-corrected chi connectivity index (χ1v) is 8.85. The van der Waals surface area contributed by atoms with Gasteiger partial charge >= 0.3 is 5.97 Å². The van der Waals surface area contributed by atoms with Crippen molar-refractivity contribution < 1.29 is 13.9 Å². The molecular formula is C21H15BrO3. The van der Waals surface area contributed by atoms with E-state index in [-0.39, 0.29) is 5.97 Å². The van der Waals surface area contributed by atoms with Gasteiger partial charge in [-0.3, -0.25) is 0 Å². The first-order chi connectivity index (χ1) is 12.2. The summed E-state index contributed by atoms with van der Waals surface area (Å²) in [7, 11) is 0. The minimum Gasteiger partial charge on any atom is -0.462 e. The Labute approximate surface area is 153 Å². The van der Waals surface area contributed by atoms with Crippen molar-refractivity contribution in [3.05, 3.63) is 70.7 Å². The molecule has 0 aliphatic heterocycles. The molecule has 0 aliphatic carbocycles. The fourth-order valence-electron chi connectivity index (χ4n) is 3.09. The fourth-order valence-corrected chi connectivity index (χ4v) is 3.47. The summed E-state index contributed by atoms with van der Waals surface area (Å²) < 4.78 is 12.4. The average molecular weight is 395 g/mol. The van der Waals surface area contributed by atoms with Gasteiger partial charge in [0.1, 0.15) is 16.9 Å². The summed E-state index contributed by atoms with van der Waals surface area (Å²) in [6, 6.07) is 19.5. The lowest BCUT2D eigenvalue weighted by Crippen LogP contribution is -2.05. The highest BCUT2D eigenvalue weighted by molar-refractivity contribution is 9.10. The van der Waals surface area contributed by atoms with Crippen LogP contribution in [-0.4, -0.2) is 12.6 Å². The highest BCUT2D eigenvalue weighted by atomic mass is 79.9. The van der Waals surface area contributed by atoms with E-state index >= 15 is 0 Å². The summed E-state index contributed by atoms with van der Waals surface area (Å²) in [5, 5.41) is 2.80. The maximum Gasteiger partial charge on any atom is 0.342 e. The monoisotopic (exact) mass is 394 g/mol. The van der Waals surface area contributed by atoms with E-state index < -0.39 is 0 Å². The van der Waals surface area contributed by atoms with Gasteiger partial charge < -0.3 is 9.15 Å². The van der Waals surface area contributed by atoms with E-state index in [1.54, 1.807) is 6.92 Å². The second-order valence-corrected chi connectivity index (χ2v) is 6.61. The van der Waals surface area contributed by atoms with Crippen LogP contribution in [0.5, 0.6) is 0 Å². The Morgan fingerprint density at radius 2 is 1.88 bits per heavy atom. The van der Waals surface area contributed by atoms with Crippen LogP contribution in [-0.2, 0) is 4.74 Å². The van der Waals surface area contributed by atoms with Crippen molar-refractivity contribution >= 4 is 43.6 Å². The molecule has 124 valence electrons. The van der Waals surface area contributed by atoms with Gasteiger partial charge in [-0.1, -0.05) is 58.4 Å². The number of fused-ring (bicyclic) bond motifs is 3. The molecule has 25 heavy (non-hydrogen) atoms. The van der Waals surface area contributed by atoms with Crippen molar-refractivity contribution in [1.82, 2.24) is 0 Å². The summed E-state index contributed by atoms with van der Waals surface area (Å²) in [6.45, 7) is 2.12. The van der Waals surface area contributed by atoms with Crippen LogP contribution in [0.3, 0.4) is 0 Å². The van der Waals surface area contributed by atoms with E-state index in [0.29, 0.717) is 23.5 Å². The fraction of sp³-hybridized carbons (Fsp3) is 0.0952. The maximum atomic E-state index is 12.7. The zero-order valence-electron chi connectivity index (χ0n) is 13.6. The Kier molecular flexibility index (Phi) is 4.06. The molecule has 0 amide bonds. The minimum atomic E-state index is -0.365. The van der Waals surface area contributed by atoms with E-state index in [1.165, 1.54) is 0 Å². The van der Waals surface area contributed by atoms with E-state index in [0.717, 1.165) is 26.2 Å². The summed E-state index contributed by atoms with van der Waals surface area (Å²) >= 11 is 3.50. The van der Waals surface area contributed by atoms with Gasteiger partial charge in [0, 0.05) is 15.4 Å². The Balaban J connectivity index is 2.10. The second kappa shape index (κ2) is 6.37. The van der Waals surface area contributed by atoms with E-state index in [4.69, 9.17) is 9.15 Å². The summed E-state index contributed by atoms with van der Waals surface area (Å²) in [5.41, 5.74) is 2.01. The molecule has 1 aromatic heterocycles. The normalized spacial score (nSPS) is 11.1. The predicted octanol–water partition coefficient (Wildman–Crippen LogP) is 6.19. The lowest BCUT2D eigenvalue weighted by atomic mass is 10.0. The van der Waals surface area contributed by atoms with Crippen molar-refractivity contribution in [3.8, 4) is 11.3 Å². The van der Waals surface area contributed by atoms with Gasteiger partial charge in [-0.2, -0.15) is 0 Å². The Hall–Kier alpha value is -2.59. The Morgan fingerprint density at radius 1 is 1.08 bits per heavy atom. The van der Waals surface area contributed by atoms with Crippen molar-refractivity contribution in [3.63, 3.8) is 0 Å². The zero-order chi connectivity index (χ0) is 17.4. The zero-order valence-corrected chi connectivity index (χ0v) is 15.2. The number of ether oxygens (including phenoxy) is 1. The third-order valence-corrected chi connectivity index (χ3v) is 4.64. The van der Waals surface area contributed by atoms with Gasteiger partial charge in [0.2, 0.25) is 0 Å². The SMILES string of the molecule is CCOC(=O)c1c(-c2ccccc2)oc2ccc3cc(Br)ccc3c12. The number of esters is 1. The first-order valence-electron chi connectivity index (χ1n) is 8.06. The number of benzene rings is 3. The Morgan fingerprint density at radius 3 is 2.64 bits per heavy atom. The van der Waals surface area contributed by atoms with Crippen molar-refractivity contribution in [1.29, 1.82) is 0 Å². The molecule has 0 saturated heterocycles. The molecule has 0 saturated carbocycles. The number of carbonyl (C=O) groups is 1. The number of rotatable bonds is 3. The molecule has 4 rings (SSSR count).